The van der Waals surface area contributed by atoms with Gasteiger partial charge in [0.1, 0.15) is 11.5 Å². The Labute approximate surface area is 164 Å². The van der Waals surface area contributed by atoms with Crippen molar-refractivity contribution in [1.29, 1.82) is 0 Å². The van der Waals surface area contributed by atoms with Crippen LogP contribution in [0.15, 0.2) is 17.1 Å². The van der Waals surface area contributed by atoms with Crippen LogP contribution >= 0.6 is 0 Å². The molecule has 0 spiro atoms. The van der Waals surface area contributed by atoms with Crippen molar-refractivity contribution in [2.45, 2.75) is 60.5 Å². The minimum Gasteiger partial charge on any atom is -0.348 e. The quantitative estimate of drug-likeness (QED) is 0.709. The summed E-state index contributed by atoms with van der Waals surface area (Å²) >= 11 is 0. The number of fused-ring (bicyclic) bond motifs is 1. The SMILES string of the molecule is CCC(C)n1c(C)c(C(=O)NCc2c(C)cc(C)[nH]c2=O)c2cnc(C)nc21. The fourth-order valence-corrected chi connectivity index (χ4v) is 3.66. The molecular formula is C21H27N5O2. The molecule has 0 bridgehead atoms. The highest BCUT2D eigenvalue weighted by Crippen LogP contribution is 2.28. The van der Waals surface area contributed by atoms with E-state index in [1.807, 2.05) is 33.8 Å². The third-order valence-electron chi connectivity index (χ3n) is 5.29. The topological polar surface area (TPSA) is 92.7 Å². The Hall–Kier alpha value is -2.96. The van der Waals surface area contributed by atoms with Crippen LogP contribution in [0.1, 0.15) is 65.0 Å². The Morgan fingerprint density at radius 1 is 1.29 bits per heavy atom. The first kappa shape index (κ1) is 19.8. The summed E-state index contributed by atoms with van der Waals surface area (Å²) in [6.45, 7) is 11.9. The number of nitrogens with one attached hydrogen (secondary N) is 2. The van der Waals surface area contributed by atoms with Gasteiger partial charge in [0.15, 0.2) is 0 Å². The molecule has 0 aliphatic heterocycles. The number of nitrogens with zero attached hydrogens (tertiary/aromatic N) is 3. The third kappa shape index (κ3) is 3.44. The van der Waals surface area contributed by atoms with Gasteiger partial charge < -0.3 is 14.9 Å². The van der Waals surface area contributed by atoms with Gasteiger partial charge >= 0.3 is 0 Å². The molecule has 0 aliphatic rings. The Bertz CT molecular complexity index is 1110. The lowest BCUT2D eigenvalue weighted by Crippen LogP contribution is -2.28. The van der Waals surface area contributed by atoms with Crippen molar-refractivity contribution in [3.05, 3.63) is 56.5 Å². The van der Waals surface area contributed by atoms with Crippen molar-refractivity contribution in [2.75, 3.05) is 0 Å². The van der Waals surface area contributed by atoms with Gasteiger partial charge in [-0.2, -0.15) is 0 Å². The number of carbonyl (C=O) groups is 1. The zero-order valence-electron chi connectivity index (χ0n) is 17.3. The van der Waals surface area contributed by atoms with Gasteiger partial charge in [-0.3, -0.25) is 9.59 Å². The molecule has 148 valence electrons. The lowest BCUT2D eigenvalue weighted by Gasteiger charge is -2.15. The summed E-state index contributed by atoms with van der Waals surface area (Å²) < 4.78 is 2.10. The van der Waals surface area contributed by atoms with Gasteiger partial charge in [0.05, 0.1) is 10.9 Å². The first-order chi connectivity index (χ1) is 13.2. The molecule has 1 unspecified atom stereocenters. The maximum atomic E-state index is 13.1. The number of hydrogen-bond donors (Lipinski definition) is 2. The fraction of sp³-hybridized carbons (Fsp3) is 0.429. The maximum absolute atomic E-state index is 13.1. The number of carbonyl (C=O) groups excluding carboxylic acids is 1. The van der Waals surface area contributed by atoms with Crippen LogP contribution in [0.5, 0.6) is 0 Å². The summed E-state index contributed by atoms with van der Waals surface area (Å²) in [5.41, 5.74) is 4.25. The predicted molar refractivity (Wildman–Crippen MR) is 110 cm³/mol. The molecule has 7 nitrogen and oxygen atoms in total. The van der Waals surface area contributed by atoms with E-state index < -0.39 is 0 Å². The highest BCUT2D eigenvalue weighted by Gasteiger charge is 2.23. The van der Waals surface area contributed by atoms with E-state index in [1.54, 1.807) is 6.20 Å². The highest BCUT2D eigenvalue weighted by molar-refractivity contribution is 6.07. The van der Waals surface area contributed by atoms with Crippen molar-refractivity contribution in [2.24, 2.45) is 0 Å². The van der Waals surface area contributed by atoms with Crippen molar-refractivity contribution < 1.29 is 4.79 Å². The Morgan fingerprint density at radius 2 is 2.00 bits per heavy atom. The number of pyridine rings is 1. The van der Waals surface area contributed by atoms with Crippen LogP contribution in [0.3, 0.4) is 0 Å². The number of aromatic amines is 1. The summed E-state index contributed by atoms with van der Waals surface area (Å²) in [6.07, 6.45) is 2.63. The summed E-state index contributed by atoms with van der Waals surface area (Å²) in [5.74, 6) is 0.444. The van der Waals surface area contributed by atoms with Crippen LogP contribution in [0.25, 0.3) is 11.0 Å². The molecule has 0 radical (unpaired) electrons. The third-order valence-corrected chi connectivity index (χ3v) is 5.29. The molecule has 0 saturated heterocycles. The lowest BCUT2D eigenvalue weighted by atomic mass is 10.1. The van der Waals surface area contributed by atoms with Crippen molar-refractivity contribution in [3.63, 3.8) is 0 Å². The molecule has 0 aromatic carbocycles. The van der Waals surface area contributed by atoms with Gasteiger partial charge in [0.25, 0.3) is 11.5 Å². The summed E-state index contributed by atoms with van der Waals surface area (Å²) in [6, 6.07) is 2.11. The number of rotatable bonds is 5. The van der Waals surface area contributed by atoms with E-state index in [4.69, 9.17) is 0 Å². The van der Waals surface area contributed by atoms with Crippen LogP contribution in [-0.2, 0) is 6.54 Å². The average molecular weight is 381 g/mol. The van der Waals surface area contributed by atoms with Crippen LogP contribution in [0, 0.1) is 27.7 Å². The van der Waals surface area contributed by atoms with Gasteiger partial charge in [0.2, 0.25) is 0 Å². The Morgan fingerprint density at radius 3 is 2.64 bits per heavy atom. The molecule has 1 amide bonds. The lowest BCUT2D eigenvalue weighted by molar-refractivity contribution is 0.0951. The predicted octanol–water partition coefficient (Wildman–Crippen LogP) is 3.25. The van der Waals surface area contributed by atoms with Crippen molar-refractivity contribution >= 4 is 16.9 Å². The number of amides is 1. The van der Waals surface area contributed by atoms with Gasteiger partial charge in [0, 0.05) is 35.7 Å². The first-order valence-electron chi connectivity index (χ1n) is 9.56. The smallest absolute Gasteiger partial charge is 0.254 e. The minimum atomic E-state index is -0.226. The van der Waals surface area contributed by atoms with Crippen molar-refractivity contribution in [3.8, 4) is 0 Å². The van der Waals surface area contributed by atoms with Crippen LogP contribution in [-0.4, -0.2) is 25.4 Å². The van der Waals surface area contributed by atoms with Crippen LogP contribution in [0.4, 0.5) is 0 Å². The summed E-state index contributed by atoms with van der Waals surface area (Å²) in [5, 5.41) is 3.64. The molecule has 3 aromatic heterocycles. The zero-order chi connectivity index (χ0) is 20.6. The second-order valence-electron chi connectivity index (χ2n) is 7.37. The average Bonchev–Trinajstić information content (AvgIpc) is 2.91. The van der Waals surface area contributed by atoms with Gasteiger partial charge in [-0.1, -0.05) is 6.92 Å². The molecule has 0 fully saturated rings. The van der Waals surface area contributed by atoms with E-state index in [-0.39, 0.29) is 24.1 Å². The van der Waals surface area contributed by atoms with E-state index in [1.165, 1.54) is 0 Å². The molecule has 3 rings (SSSR count). The largest absolute Gasteiger partial charge is 0.348 e. The fourth-order valence-electron chi connectivity index (χ4n) is 3.66. The normalized spacial score (nSPS) is 12.4. The number of aromatic nitrogens is 4. The Kier molecular flexibility index (Phi) is 5.36. The van der Waals surface area contributed by atoms with Crippen LogP contribution in [0.2, 0.25) is 0 Å². The van der Waals surface area contributed by atoms with Crippen molar-refractivity contribution in [1.82, 2.24) is 24.8 Å². The van der Waals surface area contributed by atoms with E-state index >= 15 is 0 Å². The molecule has 7 heteroatoms. The van der Waals surface area contributed by atoms with Crippen LogP contribution < -0.4 is 10.9 Å². The zero-order valence-corrected chi connectivity index (χ0v) is 17.3. The van der Waals surface area contributed by atoms with Gasteiger partial charge in [-0.25, -0.2) is 9.97 Å². The maximum Gasteiger partial charge on any atom is 0.254 e. The Balaban J connectivity index is 2.01. The van der Waals surface area contributed by atoms with E-state index in [9.17, 15) is 9.59 Å². The summed E-state index contributed by atoms with van der Waals surface area (Å²) in [7, 11) is 0. The second-order valence-corrected chi connectivity index (χ2v) is 7.37. The highest BCUT2D eigenvalue weighted by atomic mass is 16.2. The van der Waals surface area contributed by atoms with Gasteiger partial charge in [-0.05, 0) is 52.7 Å². The number of hydrogen-bond acceptors (Lipinski definition) is 4. The number of H-pyrrole nitrogens is 1. The molecule has 28 heavy (non-hydrogen) atoms. The second kappa shape index (κ2) is 7.58. The van der Waals surface area contributed by atoms with E-state index in [0.29, 0.717) is 17.0 Å². The molecule has 3 heterocycles. The minimum absolute atomic E-state index is 0.169. The summed E-state index contributed by atoms with van der Waals surface area (Å²) in [4.78, 5) is 36.9. The van der Waals surface area contributed by atoms with E-state index in [0.717, 1.165) is 34.4 Å². The monoisotopic (exact) mass is 381 g/mol. The molecule has 0 saturated carbocycles. The van der Waals surface area contributed by atoms with E-state index in [2.05, 4.69) is 38.7 Å². The molecular weight excluding hydrogens is 354 g/mol. The molecule has 2 N–H and O–H groups in total. The molecule has 3 aromatic rings. The first-order valence-corrected chi connectivity index (χ1v) is 9.56. The number of aryl methyl sites for hydroxylation is 3. The molecule has 1 atom stereocenters. The molecule has 0 aliphatic carbocycles. The standard InChI is InChI=1S/C21H27N5O2/c1-7-13(4)26-14(5)18(17-10-22-15(6)25-19(17)26)21(28)23-9-16-11(2)8-12(3)24-20(16)27/h8,10,13H,7,9H2,1-6H3,(H,23,28)(H,24,27). The van der Waals surface area contributed by atoms with Gasteiger partial charge in [-0.15, -0.1) is 0 Å².